The van der Waals surface area contributed by atoms with Gasteiger partial charge in [-0.2, -0.15) is 0 Å². The molecule has 4 heteroatoms. The van der Waals surface area contributed by atoms with E-state index in [-0.39, 0.29) is 0 Å². The summed E-state index contributed by atoms with van der Waals surface area (Å²) < 4.78 is 0. The number of nitrogens with one attached hydrogen (secondary N) is 1. The lowest BCUT2D eigenvalue weighted by atomic mass is 10.1. The van der Waals surface area contributed by atoms with Gasteiger partial charge in [0.25, 0.3) is 0 Å². The van der Waals surface area contributed by atoms with E-state index in [1.165, 1.54) is 5.56 Å². The molecule has 0 saturated carbocycles. The summed E-state index contributed by atoms with van der Waals surface area (Å²) in [7, 11) is 1.96. The molecular weight excluding hydrogens is 248 g/mol. The Bertz CT molecular complexity index is 510. The maximum Gasteiger partial charge on any atom is 0.128 e. The van der Waals surface area contributed by atoms with E-state index >= 15 is 0 Å². The first-order valence-electron chi connectivity index (χ1n) is 7.02. The second-order valence-corrected chi connectivity index (χ2v) is 4.80. The molecule has 0 bridgehead atoms. The molecule has 0 aliphatic carbocycles. The maximum atomic E-state index is 4.57. The molecule has 1 atom stereocenters. The van der Waals surface area contributed by atoms with E-state index in [0.29, 0.717) is 6.04 Å². The molecule has 2 heterocycles. The Labute approximate surface area is 120 Å². The van der Waals surface area contributed by atoms with Crippen LogP contribution in [0.1, 0.15) is 31.1 Å². The van der Waals surface area contributed by atoms with Crippen molar-refractivity contribution < 1.29 is 0 Å². The quantitative estimate of drug-likeness (QED) is 0.876. The van der Waals surface area contributed by atoms with Gasteiger partial charge < -0.3 is 10.2 Å². The molecule has 106 valence electrons. The Hall–Kier alpha value is -1.94. The van der Waals surface area contributed by atoms with Crippen LogP contribution in [-0.4, -0.2) is 23.6 Å². The Morgan fingerprint density at radius 3 is 2.60 bits per heavy atom. The van der Waals surface area contributed by atoms with Crippen LogP contribution in [-0.2, 0) is 6.54 Å². The van der Waals surface area contributed by atoms with Crippen LogP contribution in [0.15, 0.2) is 42.7 Å². The molecule has 0 aliphatic heterocycles. The van der Waals surface area contributed by atoms with Crippen molar-refractivity contribution in [2.75, 3.05) is 18.5 Å². The van der Waals surface area contributed by atoms with Crippen LogP contribution in [0.3, 0.4) is 0 Å². The number of anilines is 1. The molecule has 20 heavy (non-hydrogen) atoms. The van der Waals surface area contributed by atoms with Crippen molar-refractivity contribution in [2.45, 2.75) is 26.4 Å². The molecule has 2 aromatic heterocycles. The minimum absolute atomic E-state index is 0.322. The van der Waals surface area contributed by atoms with Gasteiger partial charge >= 0.3 is 0 Å². The Balaban J connectivity index is 2.11. The SMILES string of the molecule is CCN(Cc1ccccn1)c1ccc(C(C)NC)cn1. The van der Waals surface area contributed by atoms with Gasteiger partial charge in [0.1, 0.15) is 5.82 Å². The van der Waals surface area contributed by atoms with Crippen LogP contribution in [0.5, 0.6) is 0 Å². The lowest BCUT2D eigenvalue weighted by Crippen LogP contribution is -2.23. The number of aromatic nitrogens is 2. The van der Waals surface area contributed by atoms with Crippen LogP contribution >= 0.6 is 0 Å². The third-order valence-corrected chi connectivity index (χ3v) is 3.49. The van der Waals surface area contributed by atoms with Gasteiger partial charge in [0, 0.05) is 25.0 Å². The van der Waals surface area contributed by atoms with E-state index in [2.05, 4.69) is 46.2 Å². The molecule has 2 aromatic rings. The zero-order valence-corrected chi connectivity index (χ0v) is 12.4. The first kappa shape index (κ1) is 14.5. The van der Waals surface area contributed by atoms with Crippen LogP contribution in [0.25, 0.3) is 0 Å². The largest absolute Gasteiger partial charge is 0.351 e. The fraction of sp³-hybridized carbons (Fsp3) is 0.375. The lowest BCUT2D eigenvalue weighted by Gasteiger charge is -2.22. The lowest BCUT2D eigenvalue weighted by molar-refractivity contribution is 0.649. The average Bonchev–Trinajstić information content (AvgIpc) is 2.53. The molecule has 0 saturated heterocycles. The highest BCUT2D eigenvalue weighted by Gasteiger charge is 2.09. The van der Waals surface area contributed by atoms with Crippen LogP contribution < -0.4 is 10.2 Å². The predicted octanol–water partition coefficient (Wildman–Crippen LogP) is 2.78. The number of nitrogens with zero attached hydrogens (tertiary/aromatic N) is 3. The van der Waals surface area contributed by atoms with Gasteiger partial charge in [0.05, 0.1) is 12.2 Å². The molecule has 0 amide bonds. The Kier molecular flexibility index (Phi) is 5.07. The molecule has 0 aliphatic rings. The van der Waals surface area contributed by atoms with Crippen LogP contribution in [0, 0.1) is 0 Å². The predicted molar refractivity (Wildman–Crippen MR) is 82.7 cm³/mol. The van der Waals surface area contributed by atoms with E-state index in [1.807, 2.05) is 37.6 Å². The standard InChI is InChI=1S/C16H22N4/c1-4-20(12-15-7-5-6-10-18-15)16-9-8-14(11-19-16)13(2)17-3/h5-11,13,17H,4,12H2,1-3H3. The molecule has 0 spiro atoms. The van der Waals surface area contributed by atoms with Crippen molar-refractivity contribution >= 4 is 5.82 Å². The summed E-state index contributed by atoms with van der Waals surface area (Å²) >= 11 is 0. The first-order chi connectivity index (χ1) is 9.74. The number of hydrogen-bond donors (Lipinski definition) is 1. The second-order valence-electron chi connectivity index (χ2n) is 4.80. The van der Waals surface area contributed by atoms with Crippen molar-refractivity contribution in [3.63, 3.8) is 0 Å². The molecule has 2 rings (SSSR count). The third kappa shape index (κ3) is 3.54. The summed E-state index contributed by atoms with van der Waals surface area (Å²) in [6.07, 6.45) is 3.77. The van der Waals surface area contributed by atoms with Crippen molar-refractivity contribution in [2.24, 2.45) is 0 Å². The highest BCUT2D eigenvalue weighted by atomic mass is 15.2. The highest BCUT2D eigenvalue weighted by molar-refractivity contribution is 5.40. The fourth-order valence-electron chi connectivity index (χ4n) is 2.05. The van der Waals surface area contributed by atoms with E-state index in [4.69, 9.17) is 0 Å². The molecule has 1 N–H and O–H groups in total. The van der Waals surface area contributed by atoms with Gasteiger partial charge in [0.15, 0.2) is 0 Å². The smallest absolute Gasteiger partial charge is 0.128 e. The van der Waals surface area contributed by atoms with Gasteiger partial charge in [-0.1, -0.05) is 12.1 Å². The summed E-state index contributed by atoms with van der Waals surface area (Å²) in [4.78, 5) is 11.2. The van der Waals surface area contributed by atoms with Crippen molar-refractivity contribution in [1.82, 2.24) is 15.3 Å². The molecular formula is C16H22N4. The molecule has 0 fully saturated rings. The summed E-state index contributed by atoms with van der Waals surface area (Å²) in [6.45, 7) is 5.95. The van der Waals surface area contributed by atoms with E-state index in [9.17, 15) is 0 Å². The fourth-order valence-corrected chi connectivity index (χ4v) is 2.05. The molecule has 0 aromatic carbocycles. The highest BCUT2D eigenvalue weighted by Crippen LogP contribution is 2.17. The summed E-state index contributed by atoms with van der Waals surface area (Å²) in [5.41, 5.74) is 2.26. The maximum absolute atomic E-state index is 4.57. The summed E-state index contributed by atoms with van der Waals surface area (Å²) in [6, 6.07) is 10.5. The van der Waals surface area contributed by atoms with Gasteiger partial charge in [0.2, 0.25) is 0 Å². The monoisotopic (exact) mass is 270 g/mol. The minimum Gasteiger partial charge on any atom is -0.351 e. The van der Waals surface area contributed by atoms with Crippen molar-refractivity contribution in [3.05, 3.63) is 54.0 Å². The Morgan fingerprint density at radius 2 is 2.05 bits per heavy atom. The average molecular weight is 270 g/mol. The van der Waals surface area contributed by atoms with Crippen molar-refractivity contribution in [1.29, 1.82) is 0 Å². The van der Waals surface area contributed by atoms with E-state index in [1.54, 1.807) is 0 Å². The van der Waals surface area contributed by atoms with E-state index < -0.39 is 0 Å². The number of rotatable bonds is 6. The molecule has 4 nitrogen and oxygen atoms in total. The topological polar surface area (TPSA) is 41.1 Å². The van der Waals surface area contributed by atoms with E-state index in [0.717, 1.165) is 24.6 Å². The van der Waals surface area contributed by atoms with Gasteiger partial charge in [-0.05, 0) is 44.7 Å². The second kappa shape index (κ2) is 7.01. The first-order valence-corrected chi connectivity index (χ1v) is 7.02. The molecule has 0 radical (unpaired) electrons. The normalized spacial score (nSPS) is 12.2. The molecule has 1 unspecified atom stereocenters. The summed E-state index contributed by atoms with van der Waals surface area (Å²) in [5, 5.41) is 3.22. The van der Waals surface area contributed by atoms with Gasteiger partial charge in [-0.15, -0.1) is 0 Å². The number of hydrogen-bond acceptors (Lipinski definition) is 4. The zero-order chi connectivity index (χ0) is 14.4. The minimum atomic E-state index is 0.322. The van der Waals surface area contributed by atoms with Gasteiger partial charge in [-0.25, -0.2) is 4.98 Å². The third-order valence-electron chi connectivity index (χ3n) is 3.49. The summed E-state index contributed by atoms with van der Waals surface area (Å²) in [5.74, 6) is 0.991. The van der Waals surface area contributed by atoms with Crippen LogP contribution in [0.4, 0.5) is 5.82 Å². The number of pyridine rings is 2. The zero-order valence-electron chi connectivity index (χ0n) is 12.4. The van der Waals surface area contributed by atoms with Crippen molar-refractivity contribution in [3.8, 4) is 0 Å². The Morgan fingerprint density at radius 1 is 1.20 bits per heavy atom. The van der Waals surface area contributed by atoms with Crippen LogP contribution in [0.2, 0.25) is 0 Å². The van der Waals surface area contributed by atoms with Gasteiger partial charge in [-0.3, -0.25) is 4.98 Å².